The molecule has 0 amide bonds. The number of ether oxygens (including phenoxy) is 1. The van der Waals surface area contributed by atoms with E-state index in [9.17, 15) is 15.0 Å². The molecule has 9 heteroatoms. The maximum absolute atomic E-state index is 11.6. The minimum atomic E-state index is -1.37. The Morgan fingerprint density at radius 1 is 1.50 bits per heavy atom. The molecule has 0 bridgehead atoms. The number of nitrogens with two attached hydrogens (primary N) is 1. The molecule has 5 N–H and O–H groups in total. The highest BCUT2D eigenvalue weighted by atomic mass is 35.5. The summed E-state index contributed by atoms with van der Waals surface area (Å²) in [6, 6.07) is 0. The van der Waals surface area contributed by atoms with Crippen LogP contribution in [-0.2, 0) is 4.74 Å². The van der Waals surface area contributed by atoms with Crippen molar-refractivity contribution in [1.29, 1.82) is 0 Å². The van der Waals surface area contributed by atoms with Crippen molar-refractivity contribution in [3.8, 4) is 0 Å². The van der Waals surface area contributed by atoms with Crippen LogP contribution in [-0.4, -0.2) is 49.8 Å². The normalized spacial score (nSPS) is 31.8. The molecule has 1 saturated heterocycles. The van der Waals surface area contributed by atoms with Crippen LogP contribution in [0.5, 0.6) is 0 Å². The Hall–Kier alpha value is -1.19. The van der Waals surface area contributed by atoms with Gasteiger partial charge in [0.1, 0.15) is 24.1 Å². The molecule has 1 fully saturated rings. The fraction of sp³-hybridized carbons (Fsp3) is 0.556. The fourth-order valence-corrected chi connectivity index (χ4v) is 1.90. The Balaban J connectivity index is 2.39. The second-order valence-corrected chi connectivity index (χ2v) is 4.30. The predicted molar refractivity (Wildman–Crippen MR) is 60.9 cm³/mol. The third-order valence-electron chi connectivity index (χ3n) is 2.73. The number of hydrogen-bond acceptors (Lipinski definition) is 7. The molecule has 0 spiro atoms. The van der Waals surface area contributed by atoms with Crippen LogP contribution < -0.4 is 11.4 Å². The van der Waals surface area contributed by atoms with E-state index in [1.807, 2.05) is 0 Å². The van der Waals surface area contributed by atoms with Crippen LogP contribution in [0.25, 0.3) is 0 Å². The lowest BCUT2D eigenvalue weighted by atomic mass is 10.1. The molecule has 1 aliphatic heterocycles. The first kappa shape index (κ1) is 13.2. The van der Waals surface area contributed by atoms with Crippen molar-refractivity contribution in [1.82, 2.24) is 9.55 Å². The Morgan fingerprint density at radius 3 is 2.72 bits per heavy atom. The van der Waals surface area contributed by atoms with Gasteiger partial charge in [0.2, 0.25) is 0 Å². The van der Waals surface area contributed by atoms with Crippen molar-refractivity contribution >= 4 is 17.4 Å². The second kappa shape index (κ2) is 4.82. The number of anilines is 1. The Labute approximate surface area is 106 Å². The molecule has 0 aliphatic carbocycles. The summed E-state index contributed by atoms with van der Waals surface area (Å²) in [5, 5.41) is 28.3. The van der Waals surface area contributed by atoms with Crippen molar-refractivity contribution < 1.29 is 20.1 Å². The summed E-state index contributed by atoms with van der Waals surface area (Å²) in [5.74, 6) is -0.135. The highest BCUT2D eigenvalue weighted by molar-refractivity contribution is 6.32. The molecule has 2 unspecified atom stereocenters. The summed E-state index contributed by atoms with van der Waals surface area (Å²) in [7, 11) is 0. The molecule has 1 aromatic heterocycles. The fourth-order valence-electron chi connectivity index (χ4n) is 1.75. The molecule has 0 saturated carbocycles. The Morgan fingerprint density at radius 2 is 2.17 bits per heavy atom. The van der Waals surface area contributed by atoms with Crippen LogP contribution in [0.2, 0.25) is 5.02 Å². The SMILES string of the molecule is Nc1nc(=O)n([C@@H]2O[C@H](CO)C(O)C2O)cc1Cl. The van der Waals surface area contributed by atoms with E-state index in [0.717, 1.165) is 10.8 Å². The lowest BCUT2D eigenvalue weighted by molar-refractivity contribution is -0.0549. The van der Waals surface area contributed by atoms with Crippen molar-refractivity contribution in [2.75, 3.05) is 12.3 Å². The molecule has 0 aromatic carbocycles. The summed E-state index contributed by atoms with van der Waals surface area (Å²) in [6.07, 6.45) is -3.67. The molecule has 2 rings (SSSR count). The Kier molecular flexibility index (Phi) is 3.55. The minimum absolute atomic E-state index is 0.0207. The molecule has 4 atom stereocenters. The van der Waals surface area contributed by atoms with Gasteiger partial charge in [-0.1, -0.05) is 11.6 Å². The predicted octanol–water partition coefficient (Wildman–Crippen LogP) is -1.91. The first-order valence-electron chi connectivity index (χ1n) is 5.12. The maximum atomic E-state index is 11.6. The highest BCUT2D eigenvalue weighted by Gasteiger charge is 2.43. The molecule has 18 heavy (non-hydrogen) atoms. The first-order valence-corrected chi connectivity index (χ1v) is 5.50. The molecule has 8 nitrogen and oxygen atoms in total. The number of nitrogens with zero attached hydrogens (tertiary/aromatic N) is 2. The second-order valence-electron chi connectivity index (χ2n) is 3.89. The molecule has 0 radical (unpaired) electrons. The number of rotatable bonds is 2. The molecule has 100 valence electrons. The van der Waals surface area contributed by atoms with Crippen LogP contribution in [0.3, 0.4) is 0 Å². The van der Waals surface area contributed by atoms with Gasteiger partial charge in [-0.2, -0.15) is 4.98 Å². The van der Waals surface area contributed by atoms with Gasteiger partial charge in [-0.25, -0.2) is 4.79 Å². The zero-order valence-electron chi connectivity index (χ0n) is 9.10. The van der Waals surface area contributed by atoms with E-state index in [0.29, 0.717) is 0 Å². The molecular weight excluding hydrogens is 266 g/mol. The number of aliphatic hydroxyl groups is 3. The topological polar surface area (TPSA) is 131 Å². The summed E-state index contributed by atoms with van der Waals surface area (Å²) >= 11 is 5.72. The van der Waals surface area contributed by atoms with Crippen LogP contribution >= 0.6 is 11.6 Å². The van der Waals surface area contributed by atoms with E-state index >= 15 is 0 Å². The van der Waals surface area contributed by atoms with Gasteiger partial charge >= 0.3 is 5.69 Å². The third-order valence-corrected chi connectivity index (χ3v) is 3.02. The van der Waals surface area contributed by atoms with Crippen LogP contribution in [0.4, 0.5) is 5.82 Å². The number of aliphatic hydroxyl groups excluding tert-OH is 3. The van der Waals surface area contributed by atoms with E-state index in [1.165, 1.54) is 0 Å². The minimum Gasteiger partial charge on any atom is -0.394 e. The number of aromatic nitrogens is 2. The zero-order chi connectivity index (χ0) is 13.4. The highest BCUT2D eigenvalue weighted by Crippen LogP contribution is 2.29. The van der Waals surface area contributed by atoms with Crippen molar-refractivity contribution in [2.45, 2.75) is 24.5 Å². The molecule has 2 heterocycles. The molecular formula is C9H12ClN3O5. The van der Waals surface area contributed by atoms with Gasteiger partial charge in [0.05, 0.1) is 11.6 Å². The van der Waals surface area contributed by atoms with Crippen LogP contribution in [0, 0.1) is 0 Å². The summed E-state index contributed by atoms with van der Waals surface area (Å²) < 4.78 is 6.09. The first-order chi connectivity index (χ1) is 8.45. The van der Waals surface area contributed by atoms with Crippen LogP contribution in [0.1, 0.15) is 6.23 Å². The van der Waals surface area contributed by atoms with Crippen molar-refractivity contribution in [3.05, 3.63) is 21.7 Å². The summed E-state index contributed by atoms with van der Waals surface area (Å²) in [6.45, 7) is -0.486. The van der Waals surface area contributed by atoms with Gasteiger partial charge < -0.3 is 25.8 Å². The lowest BCUT2D eigenvalue weighted by Gasteiger charge is -2.17. The van der Waals surface area contributed by atoms with Gasteiger partial charge in [-0.3, -0.25) is 4.57 Å². The van der Waals surface area contributed by atoms with E-state index in [1.54, 1.807) is 0 Å². The van der Waals surface area contributed by atoms with Crippen LogP contribution in [0.15, 0.2) is 11.0 Å². The lowest BCUT2D eigenvalue weighted by Crippen LogP contribution is -2.36. The van der Waals surface area contributed by atoms with Crippen molar-refractivity contribution in [2.24, 2.45) is 0 Å². The summed E-state index contributed by atoms with van der Waals surface area (Å²) in [4.78, 5) is 15.1. The summed E-state index contributed by atoms with van der Waals surface area (Å²) in [5.41, 5.74) is 4.58. The maximum Gasteiger partial charge on any atom is 0.351 e. The average molecular weight is 278 g/mol. The van der Waals surface area contributed by atoms with E-state index in [2.05, 4.69) is 4.98 Å². The van der Waals surface area contributed by atoms with Gasteiger partial charge in [0.25, 0.3) is 0 Å². The quantitative estimate of drug-likeness (QED) is 0.496. The third kappa shape index (κ3) is 2.08. The van der Waals surface area contributed by atoms with Crippen molar-refractivity contribution in [3.63, 3.8) is 0 Å². The molecule has 1 aromatic rings. The van der Waals surface area contributed by atoms with E-state index < -0.39 is 36.8 Å². The van der Waals surface area contributed by atoms with E-state index in [-0.39, 0.29) is 10.8 Å². The largest absolute Gasteiger partial charge is 0.394 e. The molecule has 1 aliphatic rings. The van der Waals surface area contributed by atoms with Gasteiger partial charge in [0.15, 0.2) is 6.23 Å². The standard InChI is InChI=1S/C9H12ClN3O5/c10-3-1-13(9(17)12-7(3)11)8-6(16)5(15)4(2-14)18-8/h1,4-6,8,14-16H,2H2,(H2,11,12,17)/t4-,5?,6?,8-/m1/s1. The monoisotopic (exact) mass is 277 g/mol. The van der Waals surface area contributed by atoms with E-state index in [4.69, 9.17) is 27.2 Å². The Bertz CT molecular complexity index is 507. The number of nitrogen functional groups attached to an aromatic ring is 1. The number of hydrogen-bond donors (Lipinski definition) is 4. The van der Waals surface area contributed by atoms with Gasteiger partial charge in [-0.05, 0) is 0 Å². The van der Waals surface area contributed by atoms with Gasteiger partial charge in [-0.15, -0.1) is 0 Å². The average Bonchev–Trinajstić information content (AvgIpc) is 2.61. The number of halogens is 1. The zero-order valence-corrected chi connectivity index (χ0v) is 9.86. The van der Waals surface area contributed by atoms with Gasteiger partial charge in [0, 0.05) is 6.20 Å². The smallest absolute Gasteiger partial charge is 0.351 e.